The number of carbonyl (C=O) groups excluding carboxylic acids is 1. The number of nitrogens with one attached hydrogen (secondary N) is 1. The highest BCUT2D eigenvalue weighted by molar-refractivity contribution is 5.95. The Labute approximate surface area is 125 Å². The van der Waals surface area contributed by atoms with Gasteiger partial charge in [0.1, 0.15) is 0 Å². The fourth-order valence-electron chi connectivity index (χ4n) is 3.08. The zero-order chi connectivity index (χ0) is 15.4. The second-order valence-corrected chi connectivity index (χ2v) is 6.07. The van der Waals surface area contributed by atoms with E-state index in [0.717, 1.165) is 24.1 Å². The van der Waals surface area contributed by atoms with Gasteiger partial charge in [0.2, 0.25) is 5.91 Å². The van der Waals surface area contributed by atoms with Crippen molar-refractivity contribution in [1.29, 1.82) is 0 Å². The standard InChI is InChI=1S/C17H23NO3/c1-11(2)12-7-5-6-10-15(12)18-16(19)13-8-3-4-9-14(13)17(20)21/h5-7,10-11,13-14H,3-4,8-9H2,1-2H3,(H,18,19)(H,20,21)/t13-,14+/m1/s1. The number of amides is 1. The van der Waals surface area contributed by atoms with Gasteiger partial charge in [-0.3, -0.25) is 9.59 Å². The molecule has 1 aliphatic carbocycles. The molecule has 1 aromatic rings. The lowest BCUT2D eigenvalue weighted by molar-refractivity contribution is -0.147. The monoisotopic (exact) mass is 289 g/mol. The van der Waals surface area contributed by atoms with Crippen molar-refractivity contribution in [2.24, 2.45) is 11.8 Å². The number of para-hydroxylation sites is 1. The number of hydrogen-bond donors (Lipinski definition) is 2. The maximum atomic E-state index is 12.5. The van der Waals surface area contributed by atoms with Crippen molar-refractivity contribution < 1.29 is 14.7 Å². The Hall–Kier alpha value is -1.84. The van der Waals surface area contributed by atoms with Gasteiger partial charge in [-0.25, -0.2) is 0 Å². The van der Waals surface area contributed by atoms with E-state index in [1.165, 1.54) is 0 Å². The molecule has 1 aromatic carbocycles. The summed E-state index contributed by atoms with van der Waals surface area (Å²) in [6, 6.07) is 7.71. The summed E-state index contributed by atoms with van der Waals surface area (Å²) in [4.78, 5) is 23.8. The molecule has 2 atom stereocenters. The molecule has 2 N–H and O–H groups in total. The minimum absolute atomic E-state index is 0.157. The summed E-state index contributed by atoms with van der Waals surface area (Å²) >= 11 is 0. The van der Waals surface area contributed by atoms with Crippen LogP contribution in [-0.4, -0.2) is 17.0 Å². The molecule has 0 spiro atoms. The maximum absolute atomic E-state index is 12.5. The van der Waals surface area contributed by atoms with E-state index in [0.29, 0.717) is 18.8 Å². The lowest BCUT2D eigenvalue weighted by Gasteiger charge is -2.28. The number of anilines is 1. The SMILES string of the molecule is CC(C)c1ccccc1NC(=O)[C@@H]1CCCC[C@@H]1C(=O)O. The molecule has 0 unspecified atom stereocenters. The summed E-state index contributed by atoms with van der Waals surface area (Å²) < 4.78 is 0. The van der Waals surface area contributed by atoms with Crippen LogP contribution in [0, 0.1) is 11.8 Å². The summed E-state index contributed by atoms with van der Waals surface area (Å²) in [6.45, 7) is 4.15. The first kappa shape index (κ1) is 15.5. The summed E-state index contributed by atoms with van der Waals surface area (Å²) in [7, 11) is 0. The molecule has 1 saturated carbocycles. The van der Waals surface area contributed by atoms with E-state index < -0.39 is 17.8 Å². The highest BCUT2D eigenvalue weighted by Crippen LogP contribution is 2.32. The Kier molecular flexibility index (Phi) is 4.99. The van der Waals surface area contributed by atoms with Crippen molar-refractivity contribution in [2.75, 3.05) is 5.32 Å². The van der Waals surface area contributed by atoms with Crippen molar-refractivity contribution in [3.05, 3.63) is 29.8 Å². The van der Waals surface area contributed by atoms with Gasteiger partial charge in [-0.2, -0.15) is 0 Å². The number of hydrogen-bond acceptors (Lipinski definition) is 2. The number of carboxylic acids is 1. The number of carbonyl (C=O) groups is 2. The van der Waals surface area contributed by atoms with Gasteiger partial charge in [-0.1, -0.05) is 44.9 Å². The van der Waals surface area contributed by atoms with Crippen molar-refractivity contribution in [3.8, 4) is 0 Å². The first-order valence-electron chi connectivity index (χ1n) is 7.63. The van der Waals surface area contributed by atoms with Crippen molar-refractivity contribution in [3.63, 3.8) is 0 Å². The van der Waals surface area contributed by atoms with E-state index in [1.807, 2.05) is 24.3 Å². The Balaban J connectivity index is 2.15. The highest BCUT2D eigenvalue weighted by Gasteiger charge is 2.35. The fourth-order valence-corrected chi connectivity index (χ4v) is 3.08. The van der Waals surface area contributed by atoms with Crippen LogP contribution in [0.1, 0.15) is 51.0 Å². The lowest BCUT2D eigenvalue weighted by Crippen LogP contribution is -2.36. The molecule has 114 valence electrons. The molecule has 2 rings (SSSR count). The number of benzene rings is 1. The fraction of sp³-hybridized carbons (Fsp3) is 0.529. The Morgan fingerprint density at radius 2 is 1.76 bits per heavy atom. The smallest absolute Gasteiger partial charge is 0.307 e. The van der Waals surface area contributed by atoms with E-state index in [-0.39, 0.29) is 5.91 Å². The number of carboxylic acid groups (broad SMARTS) is 1. The second kappa shape index (κ2) is 6.74. The second-order valence-electron chi connectivity index (χ2n) is 6.07. The molecule has 4 nitrogen and oxygen atoms in total. The van der Waals surface area contributed by atoms with E-state index >= 15 is 0 Å². The molecule has 0 saturated heterocycles. The average molecular weight is 289 g/mol. The Morgan fingerprint density at radius 3 is 2.38 bits per heavy atom. The third-order valence-corrected chi connectivity index (χ3v) is 4.26. The predicted molar refractivity (Wildman–Crippen MR) is 82.2 cm³/mol. The van der Waals surface area contributed by atoms with Crippen molar-refractivity contribution in [2.45, 2.75) is 45.4 Å². The van der Waals surface area contributed by atoms with Crippen LogP contribution in [0.5, 0.6) is 0 Å². The first-order valence-corrected chi connectivity index (χ1v) is 7.63. The molecular weight excluding hydrogens is 266 g/mol. The van der Waals surface area contributed by atoms with Crippen molar-refractivity contribution in [1.82, 2.24) is 0 Å². The molecule has 1 fully saturated rings. The van der Waals surface area contributed by atoms with Crippen LogP contribution < -0.4 is 5.32 Å². The van der Waals surface area contributed by atoms with Crippen LogP contribution in [0.25, 0.3) is 0 Å². The summed E-state index contributed by atoms with van der Waals surface area (Å²) in [5, 5.41) is 12.2. The van der Waals surface area contributed by atoms with Gasteiger partial charge in [-0.15, -0.1) is 0 Å². The molecule has 0 radical (unpaired) electrons. The summed E-state index contributed by atoms with van der Waals surface area (Å²) in [5.41, 5.74) is 1.88. The van der Waals surface area contributed by atoms with Gasteiger partial charge in [0.05, 0.1) is 11.8 Å². The van der Waals surface area contributed by atoms with E-state index in [1.54, 1.807) is 0 Å². The predicted octanol–water partition coefficient (Wildman–Crippen LogP) is 3.64. The van der Waals surface area contributed by atoms with Crippen LogP contribution >= 0.6 is 0 Å². The number of aliphatic carboxylic acids is 1. The molecule has 0 aromatic heterocycles. The topological polar surface area (TPSA) is 66.4 Å². The van der Waals surface area contributed by atoms with Crippen LogP contribution in [0.2, 0.25) is 0 Å². The zero-order valence-corrected chi connectivity index (χ0v) is 12.6. The molecule has 1 amide bonds. The molecule has 0 bridgehead atoms. The molecule has 0 aliphatic heterocycles. The van der Waals surface area contributed by atoms with E-state index in [9.17, 15) is 14.7 Å². The summed E-state index contributed by atoms with van der Waals surface area (Å²) in [5.74, 6) is -1.67. The maximum Gasteiger partial charge on any atom is 0.307 e. The van der Waals surface area contributed by atoms with E-state index in [2.05, 4.69) is 19.2 Å². The van der Waals surface area contributed by atoms with Gasteiger partial charge in [0, 0.05) is 5.69 Å². The molecule has 21 heavy (non-hydrogen) atoms. The molecule has 0 heterocycles. The first-order chi connectivity index (χ1) is 10.0. The molecule has 4 heteroatoms. The Morgan fingerprint density at radius 1 is 1.14 bits per heavy atom. The lowest BCUT2D eigenvalue weighted by atomic mass is 9.78. The normalized spacial score (nSPS) is 22.0. The quantitative estimate of drug-likeness (QED) is 0.889. The minimum Gasteiger partial charge on any atom is -0.481 e. The number of rotatable bonds is 4. The zero-order valence-electron chi connectivity index (χ0n) is 12.6. The van der Waals surface area contributed by atoms with Crippen LogP contribution in [0.15, 0.2) is 24.3 Å². The van der Waals surface area contributed by atoms with Crippen LogP contribution in [-0.2, 0) is 9.59 Å². The van der Waals surface area contributed by atoms with E-state index in [4.69, 9.17) is 0 Å². The van der Waals surface area contributed by atoms with Gasteiger partial charge in [-0.05, 0) is 30.4 Å². The minimum atomic E-state index is -0.855. The van der Waals surface area contributed by atoms with Crippen LogP contribution in [0.3, 0.4) is 0 Å². The third-order valence-electron chi connectivity index (χ3n) is 4.26. The van der Waals surface area contributed by atoms with Crippen LogP contribution in [0.4, 0.5) is 5.69 Å². The third kappa shape index (κ3) is 3.63. The largest absolute Gasteiger partial charge is 0.481 e. The molecule has 1 aliphatic rings. The highest BCUT2D eigenvalue weighted by atomic mass is 16.4. The van der Waals surface area contributed by atoms with Gasteiger partial charge < -0.3 is 10.4 Å². The average Bonchev–Trinajstić information content (AvgIpc) is 2.47. The molecular formula is C17H23NO3. The van der Waals surface area contributed by atoms with Gasteiger partial charge in [0.15, 0.2) is 0 Å². The Bertz CT molecular complexity index is 525. The summed E-state index contributed by atoms with van der Waals surface area (Å²) in [6.07, 6.45) is 3.07. The van der Waals surface area contributed by atoms with Crippen molar-refractivity contribution >= 4 is 17.6 Å². The van der Waals surface area contributed by atoms with Gasteiger partial charge >= 0.3 is 5.97 Å². The van der Waals surface area contributed by atoms with Gasteiger partial charge in [0.25, 0.3) is 0 Å².